The molecule has 0 bridgehead atoms. The number of aryl methyl sites for hydroxylation is 2. The second-order valence-corrected chi connectivity index (χ2v) is 7.46. The molecule has 0 aliphatic heterocycles. The number of rotatable bonds is 6. The fraction of sp³-hybridized carbons (Fsp3) is 0.600. The van der Waals surface area contributed by atoms with Crippen molar-refractivity contribution in [1.29, 1.82) is 0 Å². The molecular formula is C20H29NO4. The molecule has 0 saturated heterocycles. The largest absolute Gasteiger partial charge is 0.443 e. The number of carbonyl (C=O) groups is 1. The van der Waals surface area contributed by atoms with Crippen LogP contribution in [0, 0.1) is 0 Å². The van der Waals surface area contributed by atoms with Gasteiger partial charge in [0.2, 0.25) is 0 Å². The Balaban J connectivity index is 2.55. The van der Waals surface area contributed by atoms with Crippen molar-refractivity contribution in [2.75, 3.05) is 0 Å². The molecule has 0 fully saturated rings. The Kier molecular flexibility index (Phi) is 6.09. The van der Waals surface area contributed by atoms with E-state index in [2.05, 4.69) is 13.8 Å². The van der Waals surface area contributed by atoms with Gasteiger partial charge in [-0.3, -0.25) is 0 Å². The average molecular weight is 347 g/mol. The van der Waals surface area contributed by atoms with E-state index < -0.39 is 17.3 Å². The summed E-state index contributed by atoms with van der Waals surface area (Å²) in [6, 6.07) is 3.80. The Morgan fingerprint density at radius 1 is 1.12 bits per heavy atom. The maximum atomic E-state index is 12.7. The summed E-state index contributed by atoms with van der Waals surface area (Å²) in [4.78, 5) is 25.2. The lowest BCUT2D eigenvalue weighted by Crippen LogP contribution is -2.29. The van der Waals surface area contributed by atoms with Gasteiger partial charge in [0.25, 0.3) is 0 Å². The number of unbranched alkanes of at least 4 members (excludes halogenated alkanes) is 2. The van der Waals surface area contributed by atoms with Crippen LogP contribution in [0.5, 0.6) is 0 Å². The van der Waals surface area contributed by atoms with Gasteiger partial charge in [0.1, 0.15) is 16.9 Å². The van der Waals surface area contributed by atoms with Crippen LogP contribution in [0.2, 0.25) is 0 Å². The summed E-state index contributed by atoms with van der Waals surface area (Å²) >= 11 is 0. The van der Waals surface area contributed by atoms with Crippen LogP contribution < -0.4 is 5.63 Å². The maximum absolute atomic E-state index is 12.7. The predicted molar refractivity (Wildman–Crippen MR) is 99.3 cm³/mol. The number of fused-ring (bicyclic) bond motifs is 1. The molecule has 0 aromatic carbocycles. The van der Waals surface area contributed by atoms with Crippen molar-refractivity contribution in [3.05, 3.63) is 34.0 Å². The van der Waals surface area contributed by atoms with Crippen LogP contribution in [0.1, 0.15) is 71.8 Å². The van der Waals surface area contributed by atoms with Gasteiger partial charge in [-0.25, -0.2) is 14.2 Å². The minimum atomic E-state index is -0.628. The zero-order valence-corrected chi connectivity index (χ0v) is 16.0. The summed E-state index contributed by atoms with van der Waals surface area (Å²) < 4.78 is 12.3. The first-order valence-corrected chi connectivity index (χ1v) is 9.17. The Hall–Kier alpha value is -2.04. The van der Waals surface area contributed by atoms with Crippen molar-refractivity contribution in [3.8, 4) is 0 Å². The highest BCUT2D eigenvalue weighted by Gasteiger charge is 2.24. The smallest absolute Gasteiger partial charge is 0.419 e. The third kappa shape index (κ3) is 4.74. The normalized spacial score (nSPS) is 11.9. The number of hydrogen-bond donors (Lipinski definition) is 0. The summed E-state index contributed by atoms with van der Waals surface area (Å²) in [5, 5.41) is 0.749. The minimum Gasteiger partial charge on any atom is -0.443 e. The standard InChI is InChI=1S/C20H29NO4/c1-6-8-10-15-12-14-13-16(11-9-7-2)24-18(22)17(14)21(15)19(23)25-20(3,4)5/h12-13H,6-11H2,1-5H3. The highest BCUT2D eigenvalue weighted by atomic mass is 16.6. The van der Waals surface area contributed by atoms with Crippen molar-refractivity contribution in [2.45, 2.75) is 78.7 Å². The molecule has 0 aliphatic carbocycles. The molecule has 5 heteroatoms. The number of aromatic nitrogens is 1. The van der Waals surface area contributed by atoms with E-state index in [-0.39, 0.29) is 5.52 Å². The van der Waals surface area contributed by atoms with Crippen LogP contribution in [0.15, 0.2) is 21.3 Å². The SMILES string of the molecule is CCCCc1cc2cc(CCCC)n(C(=O)OC(C)(C)C)c2c(=O)o1. The number of hydrogen-bond acceptors (Lipinski definition) is 4. The van der Waals surface area contributed by atoms with E-state index in [9.17, 15) is 9.59 Å². The monoisotopic (exact) mass is 347 g/mol. The molecule has 0 amide bonds. The number of nitrogens with zero attached hydrogens (tertiary/aromatic N) is 1. The Morgan fingerprint density at radius 2 is 1.76 bits per heavy atom. The molecule has 25 heavy (non-hydrogen) atoms. The lowest BCUT2D eigenvalue weighted by atomic mass is 10.1. The Labute approximate surface area is 149 Å². The van der Waals surface area contributed by atoms with Crippen LogP contribution in [0.4, 0.5) is 4.79 Å². The Bertz CT molecular complexity index is 792. The summed E-state index contributed by atoms with van der Waals surface area (Å²) in [6.45, 7) is 9.63. The van der Waals surface area contributed by atoms with Crippen molar-refractivity contribution in [3.63, 3.8) is 0 Å². The van der Waals surface area contributed by atoms with Crippen molar-refractivity contribution in [1.82, 2.24) is 4.57 Å². The van der Waals surface area contributed by atoms with E-state index in [1.165, 1.54) is 4.57 Å². The van der Waals surface area contributed by atoms with Gasteiger partial charge in [-0.15, -0.1) is 0 Å². The molecule has 0 saturated carbocycles. The van der Waals surface area contributed by atoms with Gasteiger partial charge in [-0.1, -0.05) is 26.7 Å². The topological polar surface area (TPSA) is 61.4 Å². The molecule has 138 valence electrons. The third-order valence-electron chi connectivity index (χ3n) is 3.98. The molecule has 2 aromatic heterocycles. The van der Waals surface area contributed by atoms with E-state index in [4.69, 9.17) is 9.15 Å². The molecule has 5 nitrogen and oxygen atoms in total. The van der Waals surface area contributed by atoms with Crippen LogP contribution in [-0.4, -0.2) is 16.3 Å². The second kappa shape index (κ2) is 7.89. The van der Waals surface area contributed by atoms with Gasteiger partial charge < -0.3 is 9.15 Å². The van der Waals surface area contributed by atoms with Crippen molar-refractivity contribution < 1.29 is 13.9 Å². The first-order valence-electron chi connectivity index (χ1n) is 9.17. The molecular weight excluding hydrogens is 318 g/mol. The fourth-order valence-corrected chi connectivity index (χ4v) is 2.81. The van der Waals surface area contributed by atoms with Crippen LogP contribution >= 0.6 is 0 Å². The highest BCUT2D eigenvalue weighted by Crippen LogP contribution is 2.22. The fourth-order valence-electron chi connectivity index (χ4n) is 2.81. The van der Waals surface area contributed by atoms with Crippen molar-refractivity contribution >= 4 is 17.0 Å². The minimum absolute atomic E-state index is 0.278. The average Bonchev–Trinajstić information content (AvgIpc) is 2.88. The summed E-state index contributed by atoms with van der Waals surface area (Å²) in [5.41, 5.74) is -0.0272. The van der Waals surface area contributed by atoms with Crippen LogP contribution in [0.3, 0.4) is 0 Å². The lowest BCUT2D eigenvalue weighted by molar-refractivity contribution is 0.0539. The van der Waals surface area contributed by atoms with Crippen LogP contribution in [-0.2, 0) is 17.6 Å². The molecule has 0 spiro atoms. The van der Waals surface area contributed by atoms with Gasteiger partial charge in [-0.05, 0) is 52.2 Å². The summed E-state index contributed by atoms with van der Waals surface area (Å²) in [6.07, 6.45) is 4.85. The molecule has 0 N–H and O–H groups in total. The van der Waals surface area contributed by atoms with Gasteiger partial charge in [-0.2, -0.15) is 0 Å². The van der Waals surface area contributed by atoms with E-state index in [1.54, 1.807) is 0 Å². The molecule has 2 aromatic rings. The third-order valence-corrected chi connectivity index (χ3v) is 3.98. The van der Waals surface area contributed by atoms with E-state index in [1.807, 2.05) is 32.9 Å². The van der Waals surface area contributed by atoms with Crippen LogP contribution in [0.25, 0.3) is 10.9 Å². The number of ether oxygens (including phenoxy) is 1. The molecule has 2 rings (SSSR count). The van der Waals surface area contributed by atoms with E-state index >= 15 is 0 Å². The first-order chi connectivity index (χ1) is 11.8. The highest BCUT2D eigenvalue weighted by molar-refractivity contribution is 5.90. The van der Waals surface area contributed by atoms with Gasteiger partial charge in [0.15, 0.2) is 0 Å². The zero-order chi connectivity index (χ0) is 18.6. The Morgan fingerprint density at radius 3 is 2.36 bits per heavy atom. The molecule has 2 heterocycles. The quantitative estimate of drug-likeness (QED) is 0.732. The van der Waals surface area contributed by atoms with E-state index in [0.29, 0.717) is 12.2 Å². The molecule has 0 aliphatic rings. The molecule has 0 radical (unpaired) electrons. The van der Waals surface area contributed by atoms with Crippen molar-refractivity contribution in [2.24, 2.45) is 0 Å². The number of carbonyl (C=O) groups excluding carboxylic acids is 1. The zero-order valence-electron chi connectivity index (χ0n) is 16.0. The van der Waals surface area contributed by atoms with Gasteiger partial charge in [0.05, 0.1) is 0 Å². The van der Waals surface area contributed by atoms with Gasteiger partial charge in [0, 0.05) is 17.5 Å². The molecule has 0 unspecified atom stereocenters. The summed E-state index contributed by atoms with van der Waals surface area (Å²) in [7, 11) is 0. The van der Waals surface area contributed by atoms with E-state index in [0.717, 1.165) is 43.2 Å². The lowest BCUT2D eigenvalue weighted by Gasteiger charge is -2.20. The second-order valence-electron chi connectivity index (χ2n) is 7.46. The summed E-state index contributed by atoms with van der Waals surface area (Å²) in [5.74, 6) is 0.669. The van der Waals surface area contributed by atoms with Gasteiger partial charge >= 0.3 is 11.7 Å². The predicted octanol–water partition coefficient (Wildman–Crippen LogP) is 5.06. The molecule has 0 atom stereocenters. The maximum Gasteiger partial charge on any atom is 0.419 e. The first kappa shape index (κ1) is 19.3.